The molecule has 1 aromatic carbocycles. The molecule has 86 valence electrons. The Labute approximate surface area is 96.6 Å². The lowest BCUT2D eigenvalue weighted by molar-refractivity contribution is -0.149. The molecule has 0 aliphatic carbocycles. The van der Waals surface area contributed by atoms with E-state index in [0.717, 1.165) is 5.56 Å². The molecule has 2 atom stereocenters. The van der Waals surface area contributed by atoms with Crippen LogP contribution in [0.3, 0.4) is 0 Å². The number of aliphatic carboxylic acids is 1. The number of allylic oxidation sites excluding steroid dienone is 1. The van der Waals surface area contributed by atoms with Crippen molar-refractivity contribution >= 4 is 5.97 Å². The van der Waals surface area contributed by atoms with E-state index < -0.39 is 11.4 Å². The number of hydrogen-bond donors (Lipinski definition) is 1. The molecular formula is C14H18O2. The predicted octanol–water partition coefficient (Wildman–Crippen LogP) is 3.14. The summed E-state index contributed by atoms with van der Waals surface area (Å²) in [6.45, 7) is 7.35. The first-order chi connectivity index (χ1) is 7.50. The van der Waals surface area contributed by atoms with E-state index in [0.29, 0.717) is 6.42 Å². The Morgan fingerprint density at radius 3 is 2.50 bits per heavy atom. The number of carboxylic acids is 1. The third-order valence-electron chi connectivity index (χ3n) is 3.26. The lowest BCUT2D eigenvalue weighted by Gasteiger charge is -2.29. The highest BCUT2D eigenvalue weighted by atomic mass is 16.4. The van der Waals surface area contributed by atoms with Gasteiger partial charge < -0.3 is 5.11 Å². The summed E-state index contributed by atoms with van der Waals surface area (Å²) >= 11 is 0. The quantitative estimate of drug-likeness (QED) is 0.771. The molecule has 0 aromatic heterocycles. The first-order valence-corrected chi connectivity index (χ1v) is 5.40. The van der Waals surface area contributed by atoms with Gasteiger partial charge in [-0.3, -0.25) is 4.79 Å². The van der Waals surface area contributed by atoms with Crippen LogP contribution in [-0.4, -0.2) is 11.1 Å². The SMILES string of the molecule is C=CC(C)C(C)(Cc1ccccc1)C(=O)O. The Hall–Kier alpha value is -1.57. The molecule has 0 bridgehead atoms. The number of hydrogen-bond acceptors (Lipinski definition) is 1. The van der Waals surface area contributed by atoms with Crippen LogP contribution in [0.2, 0.25) is 0 Å². The van der Waals surface area contributed by atoms with Crippen molar-refractivity contribution < 1.29 is 9.90 Å². The summed E-state index contributed by atoms with van der Waals surface area (Å²) in [5, 5.41) is 9.35. The Morgan fingerprint density at radius 2 is 2.06 bits per heavy atom. The summed E-state index contributed by atoms with van der Waals surface area (Å²) in [6, 6.07) is 9.69. The average molecular weight is 218 g/mol. The molecule has 1 N–H and O–H groups in total. The third-order valence-corrected chi connectivity index (χ3v) is 3.26. The molecule has 0 radical (unpaired) electrons. The van der Waals surface area contributed by atoms with Gasteiger partial charge in [0.25, 0.3) is 0 Å². The van der Waals surface area contributed by atoms with Gasteiger partial charge in [0.05, 0.1) is 5.41 Å². The van der Waals surface area contributed by atoms with Crippen molar-refractivity contribution in [1.82, 2.24) is 0 Å². The van der Waals surface area contributed by atoms with E-state index >= 15 is 0 Å². The van der Waals surface area contributed by atoms with Gasteiger partial charge in [-0.2, -0.15) is 0 Å². The largest absolute Gasteiger partial charge is 0.481 e. The molecule has 2 heteroatoms. The van der Waals surface area contributed by atoms with Gasteiger partial charge in [0, 0.05) is 0 Å². The van der Waals surface area contributed by atoms with Crippen LogP contribution < -0.4 is 0 Å². The molecule has 0 fully saturated rings. The lowest BCUT2D eigenvalue weighted by atomic mass is 9.73. The molecule has 0 aliphatic heterocycles. The molecule has 0 spiro atoms. The van der Waals surface area contributed by atoms with Gasteiger partial charge in [0.2, 0.25) is 0 Å². The first kappa shape index (κ1) is 12.5. The van der Waals surface area contributed by atoms with E-state index in [4.69, 9.17) is 0 Å². The Morgan fingerprint density at radius 1 is 1.50 bits per heavy atom. The average Bonchev–Trinajstić information content (AvgIpc) is 2.28. The first-order valence-electron chi connectivity index (χ1n) is 5.40. The molecule has 1 aromatic rings. The lowest BCUT2D eigenvalue weighted by Crippen LogP contribution is -2.35. The second kappa shape index (κ2) is 4.97. The van der Waals surface area contributed by atoms with E-state index in [1.165, 1.54) is 0 Å². The Kier molecular flexibility index (Phi) is 3.88. The smallest absolute Gasteiger partial charge is 0.310 e. The Balaban J connectivity index is 2.96. The number of benzene rings is 1. The minimum atomic E-state index is -0.789. The second-order valence-corrected chi connectivity index (χ2v) is 4.41. The molecule has 0 amide bonds. The number of carbonyl (C=O) groups is 1. The molecule has 2 unspecified atom stereocenters. The van der Waals surface area contributed by atoms with Crippen LogP contribution in [0.1, 0.15) is 19.4 Å². The number of rotatable bonds is 5. The highest BCUT2D eigenvalue weighted by molar-refractivity contribution is 5.75. The summed E-state index contributed by atoms with van der Waals surface area (Å²) in [7, 11) is 0. The summed E-state index contributed by atoms with van der Waals surface area (Å²) in [5.74, 6) is -0.839. The third kappa shape index (κ3) is 2.51. The van der Waals surface area contributed by atoms with Crippen LogP contribution in [0.5, 0.6) is 0 Å². The van der Waals surface area contributed by atoms with E-state index in [-0.39, 0.29) is 5.92 Å². The molecule has 0 saturated heterocycles. The highest BCUT2D eigenvalue weighted by Gasteiger charge is 2.37. The van der Waals surface area contributed by atoms with Crippen molar-refractivity contribution in [2.24, 2.45) is 11.3 Å². The standard InChI is InChI=1S/C14H18O2/c1-4-11(2)14(3,13(15)16)10-12-8-6-5-7-9-12/h4-9,11H,1,10H2,2-3H3,(H,15,16). The van der Waals surface area contributed by atoms with E-state index in [1.54, 1.807) is 13.0 Å². The van der Waals surface area contributed by atoms with Crippen LogP contribution in [0, 0.1) is 11.3 Å². The zero-order valence-electron chi connectivity index (χ0n) is 9.81. The molecule has 1 rings (SSSR count). The van der Waals surface area contributed by atoms with Gasteiger partial charge in [0.15, 0.2) is 0 Å². The zero-order valence-corrected chi connectivity index (χ0v) is 9.81. The van der Waals surface area contributed by atoms with Crippen molar-refractivity contribution in [2.45, 2.75) is 20.3 Å². The maximum Gasteiger partial charge on any atom is 0.310 e. The van der Waals surface area contributed by atoms with Gasteiger partial charge in [-0.1, -0.05) is 43.3 Å². The summed E-state index contributed by atoms with van der Waals surface area (Å²) < 4.78 is 0. The van der Waals surface area contributed by atoms with Crippen molar-refractivity contribution in [3.8, 4) is 0 Å². The fourth-order valence-electron chi connectivity index (χ4n) is 1.71. The summed E-state index contributed by atoms with van der Waals surface area (Å²) in [4.78, 5) is 11.4. The van der Waals surface area contributed by atoms with Crippen LogP contribution in [0.4, 0.5) is 0 Å². The van der Waals surface area contributed by atoms with Crippen molar-refractivity contribution in [3.05, 3.63) is 48.6 Å². The molecule has 0 heterocycles. The molecular weight excluding hydrogens is 200 g/mol. The molecule has 2 nitrogen and oxygen atoms in total. The predicted molar refractivity (Wildman–Crippen MR) is 65.2 cm³/mol. The molecule has 16 heavy (non-hydrogen) atoms. The van der Waals surface area contributed by atoms with Crippen LogP contribution in [0.15, 0.2) is 43.0 Å². The Bertz CT molecular complexity index is 370. The normalized spacial score (nSPS) is 16.1. The summed E-state index contributed by atoms with van der Waals surface area (Å²) in [5.41, 5.74) is 0.254. The number of carboxylic acid groups (broad SMARTS) is 1. The minimum absolute atomic E-state index is 0.0646. The second-order valence-electron chi connectivity index (χ2n) is 4.41. The van der Waals surface area contributed by atoms with E-state index in [1.807, 2.05) is 37.3 Å². The van der Waals surface area contributed by atoms with Crippen molar-refractivity contribution in [2.75, 3.05) is 0 Å². The fraction of sp³-hybridized carbons (Fsp3) is 0.357. The minimum Gasteiger partial charge on any atom is -0.481 e. The van der Waals surface area contributed by atoms with Crippen LogP contribution in [0.25, 0.3) is 0 Å². The summed E-state index contributed by atoms with van der Waals surface area (Å²) in [6.07, 6.45) is 2.23. The maximum absolute atomic E-state index is 11.4. The van der Waals surface area contributed by atoms with Crippen molar-refractivity contribution in [3.63, 3.8) is 0 Å². The van der Waals surface area contributed by atoms with Gasteiger partial charge in [0.1, 0.15) is 0 Å². The van der Waals surface area contributed by atoms with Gasteiger partial charge >= 0.3 is 5.97 Å². The van der Waals surface area contributed by atoms with Crippen molar-refractivity contribution in [1.29, 1.82) is 0 Å². The van der Waals surface area contributed by atoms with Crippen LogP contribution in [-0.2, 0) is 11.2 Å². The topological polar surface area (TPSA) is 37.3 Å². The van der Waals surface area contributed by atoms with Gasteiger partial charge in [-0.25, -0.2) is 0 Å². The van der Waals surface area contributed by atoms with Crippen LogP contribution >= 0.6 is 0 Å². The highest BCUT2D eigenvalue weighted by Crippen LogP contribution is 2.32. The zero-order chi connectivity index (χ0) is 12.2. The fourth-order valence-corrected chi connectivity index (χ4v) is 1.71. The van der Waals surface area contributed by atoms with Gasteiger partial charge in [-0.15, -0.1) is 6.58 Å². The molecule has 0 saturated carbocycles. The monoisotopic (exact) mass is 218 g/mol. The van der Waals surface area contributed by atoms with Gasteiger partial charge in [-0.05, 0) is 24.8 Å². The van der Waals surface area contributed by atoms with E-state index in [2.05, 4.69) is 6.58 Å². The molecule has 0 aliphatic rings. The van der Waals surface area contributed by atoms with E-state index in [9.17, 15) is 9.90 Å². The maximum atomic E-state index is 11.4.